The molecule has 0 atom stereocenters. The molecule has 1 aromatic rings. The third-order valence-electron chi connectivity index (χ3n) is 2.66. The van der Waals surface area contributed by atoms with Crippen LogP contribution in [0.1, 0.15) is 12.5 Å². The van der Waals surface area contributed by atoms with Crippen LogP contribution in [0.15, 0.2) is 28.7 Å². The molecule has 1 rings (SSSR count). The van der Waals surface area contributed by atoms with Crippen LogP contribution in [-0.4, -0.2) is 40.6 Å². The van der Waals surface area contributed by atoms with E-state index in [0.717, 1.165) is 24.8 Å². The molecule has 0 saturated heterocycles. The Balaban J connectivity index is 3.31. The van der Waals surface area contributed by atoms with Crippen molar-refractivity contribution >= 4 is 41.2 Å². The van der Waals surface area contributed by atoms with Crippen LogP contribution in [0.25, 0.3) is 6.08 Å². The van der Waals surface area contributed by atoms with E-state index in [1.807, 2.05) is 0 Å². The summed E-state index contributed by atoms with van der Waals surface area (Å²) in [5.41, 5.74) is -0.592. The number of nitro benzene ring substituents is 1. The third kappa shape index (κ3) is 4.92. The monoisotopic (exact) mass is 339 g/mol. The van der Waals surface area contributed by atoms with Crippen LogP contribution in [0.2, 0.25) is 0 Å². The molecule has 0 heterocycles. The van der Waals surface area contributed by atoms with Gasteiger partial charge in [-0.25, -0.2) is 4.79 Å². The van der Waals surface area contributed by atoms with E-state index in [2.05, 4.69) is 4.74 Å². The summed E-state index contributed by atoms with van der Waals surface area (Å²) in [6.07, 6.45) is 2.63. The van der Waals surface area contributed by atoms with Gasteiger partial charge < -0.3 is 9.84 Å². The Morgan fingerprint density at radius 2 is 2.04 bits per heavy atom. The van der Waals surface area contributed by atoms with Gasteiger partial charge in [-0.05, 0) is 17.9 Å². The molecule has 0 amide bonds. The van der Waals surface area contributed by atoms with Gasteiger partial charge in [-0.1, -0.05) is 12.1 Å². The summed E-state index contributed by atoms with van der Waals surface area (Å²) in [6, 6.07) is 4.13. The molecule has 122 valence electrons. The minimum absolute atomic E-state index is 0.191. The zero-order chi connectivity index (χ0) is 17.6. The van der Waals surface area contributed by atoms with Gasteiger partial charge in [0.1, 0.15) is 5.57 Å². The highest BCUT2D eigenvalue weighted by molar-refractivity contribution is 7.98. The number of aliphatic carboxylic acids is 1. The number of esters is 1. The maximum atomic E-state index is 11.8. The zero-order valence-corrected chi connectivity index (χ0v) is 13.1. The van der Waals surface area contributed by atoms with Crippen molar-refractivity contribution in [1.29, 1.82) is 0 Å². The normalized spacial score (nSPS) is 11.0. The largest absolute Gasteiger partial charge is 0.478 e. The molecule has 0 fully saturated rings. The lowest BCUT2D eigenvalue weighted by Gasteiger charge is -2.06. The van der Waals surface area contributed by atoms with Crippen LogP contribution in [-0.2, 0) is 19.1 Å². The SMILES string of the molecule is CSc1c(C=C(C(=O)O)C(=O)COC(C)=O)cccc1[N+](=O)[O-]. The van der Waals surface area contributed by atoms with Crippen LogP contribution in [0.3, 0.4) is 0 Å². The van der Waals surface area contributed by atoms with Gasteiger partial charge in [-0.2, -0.15) is 0 Å². The fourth-order valence-corrected chi connectivity index (χ4v) is 2.40. The van der Waals surface area contributed by atoms with Crippen LogP contribution >= 0.6 is 11.8 Å². The number of carbonyl (C=O) groups is 3. The fraction of sp³-hybridized carbons (Fsp3) is 0.214. The van der Waals surface area contributed by atoms with Gasteiger partial charge in [0.25, 0.3) is 5.69 Å². The van der Waals surface area contributed by atoms with Crippen molar-refractivity contribution in [3.63, 3.8) is 0 Å². The first-order chi connectivity index (χ1) is 10.8. The summed E-state index contributed by atoms with van der Waals surface area (Å²) in [7, 11) is 0. The summed E-state index contributed by atoms with van der Waals surface area (Å²) in [5, 5.41) is 20.1. The van der Waals surface area contributed by atoms with Crippen molar-refractivity contribution in [3.8, 4) is 0 Å². The molecule has 0 spiro atoms. The number of ketones is 1. The predicted molar refractivity (Wildman–Crippen MR) is 82.1 cm³/mol. The number of carboxylic acids is 1. The summed E-state index contributed by atoms with van der Waals surface area (Å²) in [4.78, 5) is 44.4. The Kier molecular flexibility index (Phi) is 6.46. The molecular weight excluding hydrogens is 326 g/mol. The molecule has 0 aliphatic carbocycles. The van der Waals surface area contributed by atoms with Crippen LogP contribution in [0.4, 0.5) is 5.69 Å². The number of nitro groups is 1. The Morgan fingerprint density at radius 3 is 2.52 bits per heavy atom. The molecule has 1 N–H and O–H groups in total. The molecule has 0 aromatic heterocycles. The predicted octanol–water partition coefficient (Wildman–Crippen LogP) is 1.92. The van der Waals surface area contributed by atoms with Crippen molar-refractivity contribution < 1.29 is 29.2 Å². The molecule has 0 aliphatic heterocycles. The van der Waals surface area contributed by atoms with Crippen molar-refractivity contribution in [1.82, 2.24) is 0 Å². The first kappa shape index (κ1) is 18.4. The van der Waals surface area contributed by atoms with Crippen molar-refractivity contribution in [2.75, 3.05) is 12.9 Å². The van der Waals surface area contributed by atoms with Gasteiger partial charge >= 0.3 is 11.9 Å². The molecule has 1 aromatic carbocycles. The highest BCUT2D eigenvalue weighted by Crippen LogP contribution is 2.32. The number of Topliss-reactive ketones (excluding diaryl/α,β-unsaturated/α-hetero) is 1. The van der Waals surface area contributed by atoms with Crippen LogP contribution < -0.4 is 0 Å². The zero-order valence-electron chi connectivity index (χ0n) is 12.3. The van der Waals surface area contributed by atoms with Gasteiger partial charge in [0.2, 0.25) is 5.78 Å². The molecule has 0 unspecified atom stereocenters. The van der Waals surface area contributed by atoms with E-state index in [1.54, 1.807) is 6.26 Å². The quantitative estimate of drug-likeness (QED) is 0.152. The number of hydrogen-bond donors (Lipinski definition) is 1. The van der Waals surface area contributed by atoms with Gasteiger partial charge in [0, 0.05) is 13.0 Å². The lowest BCUT2D eigenvalue weighted by atomic mass is 10.1. The standard InChI is InChI=1S/C14H13NO7S/c1-8(16)22-7-12(17)10(14(18)19)6-9-4-3-5-11(15(20)21)13(9)23-2/h3-6H,7H2,1-2H3,(H,18,19). The number of hydrogen-bond acceptors (Lipinski definition) is 7. The molecule has 9 heteroatoms. The number of benzene rings is 1. The number of carboxylic acid groups (broad SMARTS) is 1. The van der Waals surface area contributed by atoms with Gasteiger partial charge in [0.05, 0.1) is 9.82 Å². The van der Waals surface area contributed by atoms with E-state index in [1.165, 1.54) is 18.2 Å². The third-order valence-corrected chi connectivity index (χ3v) is 3.52. The van der Waals surface area contributed by atoms with Crippen LogP contribution in [0.5, 0.6) is 0 Å². The van der Waals surface area contributed by atoms with E-state index in [4.69, 9.17) is 5.11 Å². The molecule has 8 nitrogen and oxygen atoms in total. The van der Waals surface area contributed by atoms with Gasteiger partial charge in [0.15, 0.2) is 6.61 Å². The number of nitrogens with zero attached hydrogens (tertiary/aromatic N) is 1. The average molecular weight is 339 g/mol. The summed E-state index contributed by atoms with van der Waals surface area (Å²) < 4.78 is 4.48. The Hall–Kier alpha value is -2.68. The number of carbonyl (C=O) groups excluding carboxylic acids is 2. The smallest absolute Gasteiger partial charge is 0.339 e. The Labute approximate surface area is 135 Å². The Bertz CT molecular complexity index is 696. The van der Waals surface area contributed by atoms with E-state index >= 15 is 0 Å². The summed E-state index contributed by atoms with van der Waals surface area (Å²) in [5.74, 6) is -3.14. The van der Waals surface area contributed by atoms with Gasteiger partial charge in [-0.15, -0.1) is 11.8 Å². The lowest BCUT2D eigenvalue weighted by molar-refractivity contribution is -0.387. The fourth-order valence-electron chi connectivity index (χ4n) is 1.68. The summed E-state index contributed by atoms with van der Waals surface area (Å²) >= 11 is 1.06. The first-order valence-electron chi connectivity index (χ1n) is 6.20. The van der Waals surface area contributed by atoms with E-state index in [-0.39, 0.29) is 16.1 Å². The highest BCUT2D eigenvalue weighted by atomic mass is 32.2. The lowest BCUT2D eigenvalue weighted by Crippen LogP contribution is -2.19. The van der Waals surface area contributed by atoms with Crippen molar-refractivity contribution in [3.05, 3.63) is 39.4 Å². The van der Waals surface area contributed by atoms with Crippen molar-refractivity contribution in [2.45, 2.75) is 11.8 Å². The van der Waals surface area contributed by atoms with Crippen LogP contribution in [0, 0.1) is 10.1 Å². The number of thioether (sulfide) groups is 1. The molecule has 0 aliphatic rings. The second-order valence-corrected chi connectivity index (χ2v) is 5.04. The second kappa shape index (κ2) is 8.08. The average Bonchev–Trinajstić information content (AvgIpc) is 2.49. The van der Waals surface area contributed by atoms with E-state index < -0.39 is 34.8 Å². The number of ether oxygens (including phenoxy) is 1. The highest BCUT2D eigenvalue weighted by Gasteiger charge is 2.21. The summed E-state index contributed by atoms with van der Waals surface area (Å²) in [6.45, 7) is 0.376. The first-order valence-corrected chi connectivity index (χ1v) is 7.43. The van der Waals surface area contributed by atoms with Crippen molar-refractivity contribution in [2.24, 2.45) is 0 Å². The maximum absolute atomic E-state index is 11.8. The molecule has 0 bridgehead atoms. The number of rotatable bonds is 7. The van der Waals surface area contributed by atoms with E-state index in [0.29, 0.717) is 0 Å². The van der Waals surface area contributed by atoms with E-state index in [9.17, 15) is 24.5 Å². The Morgan fingerprint density at radius 1 is 1.39 bits per heavy atom. The molecular formula is C14H13NO7S. The molecule has 0 saturated carbocycles. The van der Waals surface area contributed by atoms with Gasteiger partial charge in [-0.3, -0.25) is 19.7 Å². The molecule has 0 radical (unpaired) electrons. The minimum Gasteiger partial charge on any atom is -0.478 e. The minimum atomic E-state index is -1.51. The maximum Gasteiger partial charge on any atom is 0.339 e. The topological polar surface area (TPSA) is 124 Å². The second-order valence-electron chi connectivity index (χ2n) is 4.22. The molecule has 23 heavy (non-hydrogen) atoms.